The highest BCUT2D eigenvalue weighted by molar-refractivity contribution is 6.35. The van der Waals surface area contributed by atoms with Crippen LogP contribution in [-0.2, 0) is 9.47 Å². The average molecular weight is 408 g/mol. The predicted molar refractivity (Wildman–Crippen MR) is 106 cm³/mol. The highest BCUT2D eigenvalue weighted by atomic mass is 35.5. The molecular weight excluding hydrogens is 386 g/mol. The predicted octanol–water partition coefficient (Wildman–Crippen LogP) is 3.00. The third-order valence-corrected chi connectivity index (χ3v) is 5.07. The van der Waals surface area contributed by atoms with E-state index >= 15 is 0 Å². The molecule has 1 saturated heterocycles. The number of fused-ring (bicyclic) bond motifs is 1. The second-order valence-corrected chi connectivity index (χ2v) is 6.87. The minimum atomic E-state index is -0.727. The first-order valence-electron chi connectivity index (χ1n) is 9.07. The van der Waals surface area contributed by atoms with Gasteiger partial charge in [0.05, 0.1) is 29.9 Å². The van der Waals surface area contributed by atoms with Crippen molar-refractivity contribution in [1.82, 2.24) is 9.88 Å². The molecule has 0 radical (unpaired) electrons. The molecule has 0 saturated carbocycles. The Hall–Kier alpha value is -2.74. The fraction of sp³-hybridized carbons (Fsp3) is 0.421. The number of H-pyrrole nitrogens is 1. The Morgan fingerprint density at radius 2 is 2.04 bits per heavy atom. The Balaban J connectivity index is 1.92. The molecule has 1 aliphatic heterocycles. The smallest absolute Gasteiger partial charge is 0.409 e. The number of pyridine rings is 1. The van der Waals surface area contributed by atoms with Gasteiger partial charge in [0.1, 0.15) is 5.56 Å². The first kappa shape index (κ1) is 20.0. The van der Waals surface area contributed by atoms with Gasteiger partial charge < -0.3 is 24.7 Å². The number of nitrogens with one attached hydrogen (secondary N) is 2. The van der Waals surface area contributed by atoms with E-state index in [2.05, 4.69) is 10.3 Å². The monoisotopic (exact) mass is 407 g/mol. The minimum absolute atomic E-state index is 0.0296. The number of hydrogen-bond donors (Lipinski definition) is 2. The lowest BCUT2D eigenvalue weighted by Gasteiger charge is -2.32. The van der Waals surface area contributed by atoms with Gasteiger partial charge in [-0.15, -0.1) is 0 Å². The Kier molecular flexibility index (Phi) is 6.08. The Morgan fingerprint density at radius 3 is 2.68 bits per heavy atom. The quantitative estimate of drug-likeness (QED) is 0.755. The van der Waals surface area contributed by atoms with Gasteiger partial charge in [-0.2, -0.15) is 0 Å². The number of hydrogen-bond acceptors (Lipinski definition) is 6. The van der Waals surface area contributed by atoms with Crippen LogP contribution in [0.1, 0.15) is 30.1 Å². The van der Waals surface area contributed by atoms with Crippen LogP contribution in [0, 0.1) is 0 Å². The van der Waals surface area contributed by atoms with Gasteiger partial charge in [-0.25, -0.2) is 9.59 Å². The van der Waals surface area contributed by atoms with Crippen molar-refractivity contribution in [2.75, 3.05) is 32.1 Å². The molecule has 0 spiro atoms. The SMILES string of the molecule is CCOC(=O)N1CCC(Nc2c(C(=O)OC)c(=O)[nH]c3c(Cl)cccc23)CC1. The number of aromatic nitrogens is 1. The van der Waals surface area contributed by atoms with E-state index in [1.54, 1.807) is 30.0 Å². The minimum Gasteiger partial charge on any atom is -0.465 e. The zero-order chi connectivity index (χ0) is 20.3. The molecule has 1 aromatic heterocycles. The number of likely N-dealkylation sites (tertiary alicyclic amines) is 1. The number of nitrogens with zero attached hydrogens (tertiary/aromatic N) is 1. The number of para-hydroxylation sites is 1. The van der Waals surface area contributed by atoms with Crippen molar-refractivity contribution < 1.29 is 19.1 Å². The summed E-state index contributed by atoms with van der Waals surface area (Å²) in [6.45, 7) is 3.14. The average Bonchev–Trinajstić information content (AvgIpc) is 2.69. The number of halogens is 1. The zero-order valence-electron chi connectivity index (χ0n) is 15.7. The molecule has 2 N–H and O–H groups in total. The molecule has 0 unspecified atom stereocenters. The van der Waals surface area contributed by atoms with Crippen LogP contribution < -0.4 is 10.9 Å². The summed E-state index contributed by atoms with van der Waals surface area (Å²) in [4.78, 5) is 41.0. The molecule has 2 heterocycles. The van der Waals surface area contributed by atoms with Crippen molar-refractivity contribution in [3.05, 3.63) is 39.1 Å². The number of esters is 1. The molecule has 1 aromatic carbocycles. The molecule has 3 rings (SSSR count). The van der Waals surface area contributed by atoms with Gasteiger partial charge in [0.2, 0.25) is 0 Å². The van der Waals surface area contributed by atoms with Crippen molar-refractivity contribution >= 4 is 40.3 Å². The van der Waals surface area contributed by atoms with Crippen molar-refractivity contribution in [3.63, 3.8) is 0 Å². The first-order valence-corrected chi connectivity index (χ1v) is 9.45. The second-order valence-electron chi connectivity index (χ2n) is 6.46. The van der Waals surface area contributed by atoms with Gasteiger partial charge in [-0.1, -0.05) is 23.7 Å². The van der Waals surface area contributed by atoms with Crippen molar-refractivity contribution in [2.45, 2.75) is 25.8 Å². The summed E-state index contributed by atoms with van der Waals surface area (Å²) >= 11 is 6.22. The van der Waals surface area contributed by atoms with Gasteiger partial charge in [0.25, 0.3) is 5.56 Å². The third kappa shape index (κ3) is 3.91. The fourth-order valence-corrected chi connectivity index (χ4v) is 3.58. The van der Waals surface area contributed by atoms with E-state index in [4.69, 9.17) is 21.1 Å². The van der Waals surface area contributed by atoms with E-state index in [1.165, 1.54) is 7.11 Å². The van der Waals surface area contributed by atoms with E-state index in [0.29, 0.717) is 54.2 Å². The summed E-state index contributed by atoms with van der Waals surface area (Å²) in [5.74, 6) is -0.727. The standard InChI is InChI=1S/C19H22ClN3O5/c1-3-28-19(26)23-9-7-11(8-10-23)21-16-12-5-4-6-13(20)15(12)22-17(24)14(16)18(25)27-2/h4-6,11H,3,7-10H2,1-2H3,(H2,21,22,24). The molecular formula is C19H22ClN3O5. The van der Waals surface area contributed by atoms with Crippen molar-refractivity contribution in [2.24, 2.45) is 0 Å². The van der Waals surface area contributed by atoms with Gasteiger partial charge in [0.15, 0.2) is 0 Å². The molecule has 28 heavy (non-hydrogen) atoms. The summed E-state index contributed by atoms with van der Waals surface area (Å²) in [6.07, 6.45) is 0.965. The lowest BCUT2D eigenvalue weighted by atomic mass is 10.0. The number of carbonyl (C=O) groups is 2. The van der Waals surface area contributed by atoms with Crippen molar-refractivity contribution in [1.29, 1.82) is 0 Å². The van der Waals surface area contributed by atoms with Gasteiger partial charge >= 0.3 is 12.1 Å². The number of ether oxygens (including phenoxy) is 2. The normalized spacial score (nSPS) is 14.8. The Bertz CT molecular complexity index is 950. The summed E-state index contributed by atoms with van der Waals surface area (Å²) in [7, 11) is 1.23. The van der Waals surface area contributed by atoms with Crippen LogP contribution in [0.15, 0.2) is 23.0 Å². The summed E-state index contributed by atoms with van der Waals surface area (Å²) in [6, 6.07) is 5.16. The topological polar surface area (TPSA) is 101 Å². The fourth-order valence-electron chi connectivity index (χ4n) is 3.36. The number of benzene rings is 1. The maximum atomic E-state index is 12.5. The van der Waals surface area contributed by atoms with Crippen LogP contribution in [0.4, 0.5) is 10.5 Å². The maximum Gasteiger partial charge on any atom is 0.409 e. The molecule has 0 atom stereocenters. The zero-order valence-corrected chi connectivity index (χ0v) is 16.5. The number of piperidine rings is 1. The summed E-state index contributed by atoms with van der Waals surface area (Å²) < 4.78 is 9.83. The van der Waals surface area contributed by atoms with Gasteiger partial charge in [-0.3, -0.25) is 4.79 Å². The number of aromatic amines is 1. The summed E-state index contributed by atoms with van der Waals surface area (Å²) in [5.41, 5.74) is 0.181. The molecule has 8 nitrogen and oxygen atoms in total. The molecule has 1 aliphatic rings. The molecule has 0 bridgehead atoms. The molecule has 0 aliphatic carbocycles. The molecule has 2 aromatic rings. The number of methoxy groups -OCH3 is 1. The number of carbonyl (C=O) groups excluding carboxylic acids is 2. The van der Waals surface area contributed by atoms with Gasteiger partial charge in [0, 0.05) is 24.5 Å². The molecule has 9 heteroatoms. The van der Waals surface area contributed by atoms with Crippen LogP contribution in [0.2, 0.25) is 5.02 Å². The number of rotatable bonds is 4. The molecule has 1 fully saturated rings. The maximum absolute atomic E-state index is 12.5. The highest BCUT2D eigenvalue weighted by Gasteiger charge is 2.27. The van der Waals surface area contributed by atoms with E-state index in [0.717, 1.165) is 0 Å². The van der Waals surface area contributed by atoms with E-state index in [9.17, 15) is 14.4 Å². The van der Waals surface area contributed by atoms with Crippen LogP contribution in [0.5, 0.6) is 0 Å². The van der Waals surface area contributed by atoms with E-state index in [1.807, 2.05) is 0 Å². The third-order valence-electron chi connectivity index (χ3n) is 4.76. The van der Waals surface area contributed by atoms with E-state index < -0.39 is 11.5 Å². The van der Waals surface area contributed by atoms with Crippen LogP contribution in [-0.4, -0.2) is 54.8 Å². The highest BCUT2D eigenvalue weighted by Crippen LogP contribution is 2.30. The second kappa shape index (κ2) is 8.52. The molecule has 150 valence electrons. The number of amides is 1. The number of anilines is 1. The summed E-state index contributed by atoms with van der Waals surface area (Å²) in [5, 5.41) is 4.32. The lowest BCUT2D eigenvalue weighted by Crippen LogP contribution is -2.43. The molecule has 1 amide bonds. The van der Waals surface area contributed by atoms with Crippen molar-refractivity contribution in [3.8, 4) is 0 Å². The van der Waals surface area contributed by atoms with Gasteiger partial charge in [-0.05, 0) is 25.8 Å². The van der Waals surface area contributed by atoms with Crippen LogP contribution >= 0.6 is 11.6 Å². The van der Waals surface area contributed by atoms with Crippen LogP contribution in [0.3, 0.4) is 0 Å². The first-order chi connectivity index (χ1) is 13.5. The Morgan fingerprint density at radius 1 is 1.32 bits per heavy atom. The lowest BCUT2D eigenvalue weighted by molar-refractivity contribution is 0.0600. The largest absolute Gasteiger partial charge is 0.465 e. The Labute approximate surface area is 166 Å². The van der Waals surface area contributed by atoms with Crippen LogP contribution in [0.25, 0.3) is 10.9 Å². The van der Waals surface area contributed by atoms with E-state index in [-0.39, 0.29) is 17.7 Å².